The van der Waals surface area contributed by atoms with Crippen molar-refractivity contribution >= 4 is 33.7 Å². The summed E-state index contributed by atoms with van der Waals surface area (Å²) in [7, 11) is -3.13. The fraction of sp³-hybridized carbons (Fsp3) is 0.385. The molecule has 0 N–H and O–H groups in total. The molecule has 9 heteroatoms. The molecule has 0 saturated carbocycles. The van der Waals surface area contributed by atoms with E-state index in [-0.39, 0.29) is 17.4 Å². The van der Waals surface area contributed by atoms with Crippen molar-refractivity contribution in [2.24, 2.45) is 15.2 Å². The summed E-state index contributed by atoms with van der Waals surface area (Å²) in [5, 5.41) is 8.05. The number of benzene rings is 1. The van der Waals surface area contributed by atoms with Crippen molar-refractivity contribution in [1.82, 2.24) is 4.90 Å². The molecule has 0 aliphatic carbocycles. The Morgan fingerprint density at radius 3 is 2.55 bits per heavy atom. The van der Waals surface area contributed by atoms with Crippen molar-refractivity contribution in [3.05, 3.63) is 34.9 Å². The van der Waals surface area contributed by atoms with E-state index in [1.54, 1.807) is 24.3 Å². The van der Waals surface area contributed by atoms with Crippen LogP contribution in [-0.2, 0) is 9.84 Å². The lowest BCUT2D eigenvalue weighted by molar-refractivity contribution is 0.0613. The van der Waals surface area contributed by atoms with Gasteiger partial charge in [0.05, 0.1) is 17.5 Å². The molecule has 2 unspecified atom stereocenters. The first-order valence-corrected chi connectivity index (χ1v) is 8.86. The van der Waals surface area contributed by atoms with E-state index in [0.717, 1.165) is 0 Å². The van der Waals surface area contributed by atoms with Crippen molar-refractivity contribution in [3.8, 4) is 0 Å². The number of carbonyl (C=O) groups is 1. The van der Waals surface area contributed by atoms with Crippen LogP contribution in [0, 0.1) is 0 Å². The van der Waals surface area contributed by atoms with E-state index in [4.69, 9.17) is 11.6 Å². The number of hydrogen-bond donors (Lipinski definition) is 0. The summed E-state index contributed by atoms with van der Waals surface area (Å²) in [5.74, 6) is -0.342. The van der Waals surface area contributed by atoms with Crippen LogP contribution >= 0.6 is 11.6 Å². The van der Waals surface area contributed by atoms with E-state index >= 15 is 0 Å². The monoisotopic (exact) mass is 340 g/mol. The topological polar surface area (TPSA) is 91.5 Å². The van der Waals surface area contributed by atoms with Crippen LogP contribution in [0.4, 0.5) is 0 Å². The normalized spacial score (nSPS) is 25.5. The number of aliphatic imine (C=N–C) groups is 1. The predicted molar refractivity (Wildman–Crippen MR) is 81.8 cm³/mol. The Morgan fingerprint density at radius 2 is 2.00 bits per heavy atom. The third kappa shape index (κ3) is 3.02. The van der Waals surface area contributed by atoms with E-state index in [1.807, 2.05) is 0 Å². The van der Waals surface area contributed by atoms with Crippen LogP contribution in [0.3, 0.4) is 0 Å². The molecule has 1 amide bonds. The molecule has 2 aliphatic rings. The van der Waals surface area contributed by atoms with E-state index < -0.39 is 22.2 Å². The zero-order chi connectivity index (χ0) is 15.7. The van der Waals surface area contributed by atoms with Gasteiger partial charge in [0.2, 0.25) is 6.29 Å². The Kier molecular flexibility index (Phi) is 3.96. The molecular weight excluding hydrogens is 328 g/mol. The molecule has 2 aliphatic heterocycles. The van der Waals surface area contributed by atoms with Gasteiger partial charge in [-0.1, -0.05) is 11.6 Å². The van der Waals surface area contributed by atoms with Crippen molar-refractivity contribution in [3.63, 3.8) is 0 Å². The van der Waals surface area contributed by atoms with Crippen LogP contribution in [0.1, 0.15) is 16.8 Å². The number of sulfone groups is 1. The Labute approximate surface area is 132 Å². The first kappa shape index (κ1) is 15.1. The molecule has 2 heterocycles. The minimum atomic E-state index is -3.13. The number of halogens is 1. The molecular formula is C13H13ClN4O3S. The highest BCUT2D eigenvalue weighted by Gasteiger charge is 2.39. The van der Waals surface area contributed by atoms with Crippen molar-refractivity contribution in [2.75, 3.05) is 11.5 Å². The molecule has 1 aromatic carbocycles. The summed E-state index contributed by atoms with van der Waals surface area (Å²) in [4.78, 5) is 18.2. The van der Waals surface area contributed by atoms with Gasteiger partial charge in [0.25, 0.3) is 5.91 Å². The molecule has 1 aromatic rings. The SMILES string of the molecule is O=C(c1ccc(Cl)cc1)N(C1CCS(=O)(=O)C1)C1N=CN=N1. The summed E-state index contributed by atoms with van der Waals surface area (Å²) in [6.45, 7) is 0. The van der Waals surface area contributed by atoms with Crippen LogP contribution < -0.4 is 0 Å². The summed E-state index contributed by atoms with van der Waals surface area (Å²) >= 11 is 5.83. The summed E-state index contributed by atoms with van der Waals surface area (Å²) in [6.07, 6.45) is 0.834. The molecule has 3 rings (SSSR count). The second-order valence-electron chi connectivity index (χ2n) is 5.12. The van der Waals surface area contributed by atoms with Gasteiger partial charge in [0.1, 0.15) is 6.34 Å². The number of rotatable bonds is 3. The van der Waals surface area contributed by atoms with E-state index in [2.05, 4.69) is 15.2 Å². The highest BCUT2D eigenvalue weighted by atomic mass is 35.5. The second kappa shape index (κ2) is 5.77. The Morgan fingerprint density at radius 1 is 1.27 bits per heavy atom. The average molecular weight is 341 g/mol. The lowest BCUT2D eigenvalue weighted by Crippen LogP contribution is -2.46. The number of hydrogen-bond acceptors (Lipinski definition) is 6. The summed E-state index contributed by atoms with van der Waals surface area (Å²) < 4.78 is 23.4. The maximum Gasteiger partial charge on any atom is 0.257 e. The largest absolute Gasteiger partial charge is 0.292 e. The first-order chi connectivity index (χ1) is 10.5. The van der Waals surface area contributed by atoms with Crippen molar-refractivity contribution in [1.29, 1.82) is 0 Å². The molecule has 2 atom stereocenters. The van der Waals surface area contributed by atoms with E-state index in [1.165, 1.54) is 11.2 Å². The molecule has 1 fully saturated rings. The average Bonchev–Trinajstić information content (AvgIpc) is 3.10. The fourth-order valence-electron chi connectivity index (χ4n) is 2.53. The van der Waals surface area contributed by atoms with Gasteiger partial charge in [-0.3, -0.25) is 9.69 Å². The number of azo groups is 1. The second-order valence-corrected chi connectivity index (χ2v) is 7.78. The first-order valence-electron chi connectivity index (χ1n) is 6.66. The predicted octanol–water partition coefficient (Wildman–Crippen LogP) is 1.75. The van der Waals surface area contributed by atoms with Gasteiger partial charge in [0.15, 0.2) is 9.84 Å². The summed E-state index contributed by atoms with van der Waals surface area (Å²) in [6, 6.07) is 5.95. The standard InChI is InChI=1S/C13H13ClN4O3S/c14-10-3-1-9(2-4-10)12(19)18(13-15-8-16-17-13)11-5-6-22(20,21)7-11/h1-4,8,11,13H,5-7H2. The van der Waals surface area contributed by atoms with Gasteiger partial charge in [-0.15, -0.1) is 10.2 Å². The quantitative estimate of drug-likeness (QED) is 0.839. The van der Waals surface area contributed by atoms with Gasteiger partial charge in [0, 0.05) is 10.6 Å². The van der Waals surface area contributed by atoms with Crippen LogP contribution in [0.5, 0.6) is 0 Å². The molecule has 0 aromatic heterocycles. The zero-order valence-electron chi connectivity index (χ0n) is 11.5. The lowest BCUT2D eigenvalue weighted by atomic mass is 10.1. The molecule has 1 saturated heterocycles. The highest BCUT2D eigenvalue weighted by molar-refractivity contribution is 7.91. The number of nitrogens with zero attached hydrogens (tertiary/aromatic N) is 4. The molecule has 22 heavy (non-hydrogen) atoms. The van der Waals surface area contributed by atoms with Crippen LogP contribution in [0.25, 0.3) is 0 Å². The van der Waals surface area contributed by atoms with E-state index in [9.17, 15) is 13.2 Å². The Hall–Kier alpha value is -1.80. The maximum atomic E-state index is 12.8. The molecule has 116 valence electrons. The minimum absolute atomic E-state index is 0.0651. The van der Waals surface area contributed by atoms with Crippen LogP contribution in [-0.4, -0.2) is 49.4 Å². The van der Waals surface area contributed by atoms with Crippen LogP contribution in [0.2, 0.25) is 5.02 Å². The fourth-order valence-corrected chi connectivity index (χ4v) is 4.37. The highest BCUT2D eigenvalue weighted by Crippen LogP contribution is 2.25. The molecule has 7 nitrogen and oxygen atoms in total. The van der Waals surface area contributed by atoms with Gasteiger partial charge in [-0.05, 0) is 30.7 Å². The number of carbonyl (C=O) groups excluding carboxylic acids is 1. The minimum Gasteiger partial charge on any atom is -0.292 e. The van der Waals surface area contributed by atoms with Gasteiger partial charge in [-0.25, -0.2) is 13.4 Å². The molecule has 0 radical (unpaired) electrons. The van der Waals surface area contributed by atoms with Gasteiger partial charge < -0.3 is 0 Å². The maximum absolute atomic E-state index is 12.8. The van der Waals surface area contributed by atoms with Crippen LogP contribution in [0.15, 0.2) is 39.5 Å². The Balaban J connectivity index is 1.91. The molecule has 0 spiro atoms. The summed E-state index contributed by atoms with van der Waals surface area (Å²) in [5.41, 5.74) is 0.408. The third-order valence-electron chi connectivity index (χ3n) is 3.60. The smallest absolute Gasteiger partial charge is 0.257 e. The lowest BCUT2D eigenvalue weighted by Gasteiger charge is -2.29. The Bertz CT molecular complexity index is 733. The van der Waals surface area contributed by atoms with E-state index in [0.29, 0.717) is 17.0 Å². The third-order valence-corrected chi connectivity index (χ3v) is 5.60. The van der Waals surface area contributed by atoms with Gasteiger partial charge in [-0.2, -0.15) is 0 Å². The molecule has 0 bridgehead atoms. The number of amides is 1. The zero-order valence-corrected chi connectivity index (χ0v) is 13.0. The van der Waals surface area contributed by atoms with Gasteiger partial charge >= 0.3 is 0 Å². The van der Waals surface area contributed by atoms with Crippen molar-refractivity contribution in [2.45, 2.75) is 18.8 Å². The van der Waals surface area contributed by atoms with Crippen molar-refractivity contribution < 1.29 is 13.2 Å².